The zero-order chi connectivity index (χ0) is 37.8. The lowest BCUT2D eigenvalue weighted by Crippen LogP contribution is -2.60. The van der Waals surface area contributed by atoms with Gasteiger partial charge in [0.1, 0.15) is 12.0 Å². The van der Waals surface area contributed by atoms with Crippen LogP contribution in [0.4, 0.5) is 0 Å². The second-order valence-electron chi connectivity index (χ2n) is 15.9. The molecule has 1 N–H and O–H groups in total. The van der Waals surface area contributed by atoms with Crippen molar-refractivity contribution in [3.8, 4) is 0 Å². The number of nitrogens with zero attached hydrogens (tertiary/aromatic N) is 3. The molecule has 0 aliphatic carbocycles. The average Bonchev–Trinajstić information content (AvgIpc) is 3.05. The van der Waals surface area contributed by atoms with Gasteiger partial charge in [-0.1, -0.05) is 32.0 Å². The van der Waals surface area contributed by atoms with Gasteiger partial charge in [0.05, 0.1) is 36.0 Å². The van der Waals surface area contributed by atoms with E-state index in [1.807, 2.05) is 50.9 Å². The average molecular weight is 718 g/mol. The van der Waals surface area contributed by atoms with Crippen molar-refractivity contribution in [1.29, 1.82) is 0 Å². The quantitative estimate of drug-likeness (QED) is 0.295. The summed E-state index contributed by atoms with van der Waals surface area (Å²) in [6, 6.07) is 8.31. The Morgan fingerprint density at radius 2 is 1.69 bits per heavy atom. The Morgan fingerprint density at radius 1 is 1.04 bits per heavy atom. The number of hydrogen-bond acceptors (Lipinski definition) is 12. The van der Waals surface area contributed by atoms with Crippen LogP contribution >= 0.6 is 0 Å². The minimum Gasteiger partial charge on any atom is -0.480 e. The lowest BCUT2D eigenvalue weighted by atomic mass is 9.74. The highest BCUT2D eigenvalue weighted by Gasteiger charge is 2.52. The fraction of sp³-hybridized carbons (Fsp3) is 0.737. The van der Waals surface area contributed by atoms with Gasteiger partial charge in [0.2, 0.25) is 0 Å². The molecule has 13 heteroatoms. The first-order chi connectivity index (χ1) is 23.9. The van der Waals surface area contributed by atoms with Gasteiger partial charge in [-0.05, 0) is 79.7 Å². The largest absolute Gasteiger partial charge is 0.480 e. The van der Waals surface area contributed by atoms with Gasteiger partial charge >= 0.3 is 17.9 Å². The van der Waals surface area contributed by atoms with Crippen LogP contribution in [0.1, 0.15) is 64.7 Å². The lowest BCUT2D eigenvalue weighted by Gasteiger charge is -2.48. The Balaban J connectivity index is 1.69. The summed E-state index contributed by atoms with van der Waals surface area (Å²) in [6.45, 7) is 12.6. The molecule has 0 unspecified atom stereocenters. The van der Waals surface area contributed by atoms with E-state index in [1.54, 1.807) is 52.1 Å². The normalized spacial score (nSPS) is 34.8. The van der Waals surface area contributed by atoms with Crippen LogP contribution in [0.3, 0.4) is 0 Å². The number of carboxylic acids is 1. The maximum absolute atomic E-state index is 14.4. The van der Waals surface area contributed by atoms with Crippen LogP contribution in [-0.4, -0.2) is 147 Å². The molecule has 0 aromatic heterocycles. The number of methoxy groups -OCH3 is 1. The van der Waals surface area contributed by atoms with Gasteiger partial charge in [-0.3, -0.25) is 24.2 Å². The molecular formula is C38H59N3O10. The SMILES string of the molecule is CO[C@]1(C)C[C@@H](C)CN(C)[C@H](C2CN(CC(=O)O)C2)COC(=O)C(C)(C)C(=O)[C@H](C)[C@H]1O[C@@H]1O[C@H](C)C[C@H](N(C)C)[C@H]1OC(=O)c1ccccc1. The molecule has 0 saturated carbocycles. The summed E-state index contributed by atoms with van der Waals surface area (Å²) in [6.07, 6.45) is -2.00. The molecule has 0 spiro atoms. The topological polar surface area (TPSA) is 144 Å². The second kappa shape index (κ2) is 16.8. The van der Waals surface area contributed by atoms with Crippen molar-refractivity contribution >= 4 is 23.7 Å². The third-order valence-corrected chi connectivity index (χ3v) is 11.0. The van der Waals surface area contributed by atoms with E-state index in [0.717, 1.165) is 0 Å². The molecule has 0 bridgehead atoms. The third kappa shape index (κ3) is 9.54. The summed E-state index contributed by atoms with van der Waals surface area (Å²) in [5.41, 5.74) is -2.17. The van der Waals surface area contributed by atoms with Crippen LogP contribution in [0.5, 0.6) is 0 Å². The Kier molecular flexibility index (Phi) is 13.5. The molecule has 3 aliphatic heterocycles. The molecule has 1 aromatic carbocycles. The summed E-state index contributed by atoms with van der Waals surface area (Å²) < 4.78 is 31.7. The fourth-order valence-corrected chi connectivity index (χ4v) is 8.11. The molecule has 1 aromatic rings. The Bertz CT molecular complexity index is 1370. The number of likely N-dealkylation sites (N-methyl/N-ethyl adjacent to an activating group) is 2. The van der Waals surface area contributed by atoms with Crippen LogP contribution in [0.25, 0.3) is 0 Å². The van der Waals surface area contributed by atoms with Crippen molar-refractivity contribution in [3.05, 3.63) is 35.9 Å². The Morgan fingerprint density at radius 3 is 2.27 bits per heavy atom. The van der Waals surface area contributed by atoms with E-state index < -0.39 is 53.3 Å². The molecule has 13 nitrogen and oxygen atoms in total. The molecule has 0 amide bonds. The number of esters is 2. The zero-order valence-corrected chi connectivity index (χ0v) is 32.0. The molecule has 9 atom stereocenters. The maximum atomic E-state index is 14.4. The van der Waals surface area contributed by atoms with E-state index in [4.69, 9.17) is 23.7 Å². The molecule has 0 radical (unpaired) electrons. The van der Waals surface area contributed by atoms with E-state index in [-0.39, 0.29) is 49.0 Å². The van der Waals surface area contributed by atoms with Gasteiger partial charge in [-0.15, -0.1) is 0 Å². The minimum atomic E-state index is -1.53. The number of Topliss-reactive ketones (excluding diaryl/α,β-unsaturated/α-hetero) is 1. The molecule has 286 valence electrons. The number of likely N-dealkylation sites (tertiary alicyclic amines) is 1. The van der Waals surface area contributed by atoms with Gasteiger partial charge in [0, 0.05) is 44.6 Å². The number of hydrogen-bond donors (Lipinski definition) is 1. The van der Waals surface area contributed by atoms with Crippen LogP contribution in [0.15, 0.2) is 30.3 Å². The Hall–Kier alpha value is -2.94. The number of carboxylic acid groups (broad SMARTS) is 1. The van der Waals surface area contributed by atoms with Gasteiger partial charge in [-0.2, -0.15) is 0 Å². The third-order valence-electron chi connectivity index (χ3n) is 11.0. The van der Waals surface area contributed by atoms with Crippen LogP contribution < -0.4 is 0 Å². The number of ether oxygens (including phenoxy) is 5. The number of cyclic esters (lactones) is 1. The maximum Gasteiger partial charge on any atom is 0.338 e. The zero-order valence-electron chi connectivity index (χ0n) is 32.0. The number of aliphatic carboxylic acids is 1. The van der Waals surface area contributed by atoms with Gasteiger partial charge in [0.25, 0.3) is 0 Å². The molecular weight excluding hydrogens is 658 g/mol. The molecule has 4 rings (SSSR count). The van der Waals surface area contributed by atoms with E-state index in [9.17, 15) is 24.3 Å². The first-order valence-electron chi connectivity index (χ1n) is 18.0. The first-order valence-corrected chi connectivity index (χ1v) is 18.0. The van der Waals surface area contributed by atoms with Crippen molar-refractivity contribution < 1.29 is 48.0 Å². The Labute approximate surface area is 302 Å². The van der Waals surface area contributed by atoms with Crippen molar-refractivity contribution in [2.24, 2.45) is 23.2 Å². The lowest BCUT2D eigenvalue weighted by molar-refractivity contribution is -0.295. The number of carbonyl (C=O) groups excluding carboxylic acids is 3. The van der Waals surface area contributed by atoms with E-state index in [1.165, 1.54) is 0 Å². The predicted molar refractivity (Wildman–Crippen MR) is 189 cm³/mol. The first kappa shape index (κ1) is 40.8. The van der Waals surface area contributed by atoms with Crippen molar-refractivity contribution in [3.63, 3.8) is 0 Å². The smallest absolute Gasteiger partial charge is 0.338 e. The molecule has 3 aliphatic rings. The van der Waals surface area contributed by atoms with Crippen molar-refractivity contribution in [2.75, 3.05) is 61.0 Å². The van der Waals surface area contributed by atoms with Crippen LogP contribution in [0.2, 0.25) is 0 Å². The summed E-state index contributed by atoms with van der Waals surface area (Å²) in [5, 5.41) is 9.25. The van der Waals surface area contributed by atoms with E-state index >= 15 is 0 Å². The summed E-state index contributed by atoms with van der Waals surface area (Å²) in [4.78, 5) is 58.9. The number of rotatable bonds is 9. The van der Waals surface area contributed by atoms with Gasteiger partial charge in [0.15, 0.2) is 18.2 Å². The van der Waals surface area contributed by atoms with Crippen LogP contribution in [-0.2, 0) is 38.1 Å². The number of benzene rings is 1. The van der Waals surface area contributed by atoms with E-state index in [0.29, 0.717) is 38.0 Å². The van der Waals surface area contributed by atoms with Crippen molar-refractivity contribution in [1.82, 2.24) is 14.7 Å². The highest BCUT2D eigenvalue weighted by atomic mass is 16.7. The molecule has 3 saturated heterocycles. The number of carbonyl (C=O) groups is 4. The monoisotopic (exact) mass is 717 g/mol. The highest BCUT2D eigenvalue weighted by Crippen LogP contribution is 2.39. The molecule has 51 heavy (non-hydrogen) atoms. The van der Waals surface area contributed by atoms with Gasteiger partial charge < -0.3 is 33.7 Å². The molecule has 3 fully saturated rings. The van der Waals surface area contributed by atoms with Crippen molar-refractivity contribution in [2.45, 2.75) is 96.7 Å². The summed E-state index contributed by atoms with van der Waals surface area (Å²) in [5.74, 6) is -3.16. The minimum absolute atomic E-state index is 0.0305. The summed E-state index contributed by atoms with van der Waals surface area (Å²) in [7, 11) is 7.41. The predicted octanol–water partition coefficient (Wildman–Crippen LogP) is 3.20. The van der Waals surface area contributed by atoms with Gasteiger partial charge in [-0.25, -0.2) is 4.79 Å². The molecule has 3 heterocycles. The van der Waals surface area contributed by atoms with E-state index in [2.05, 4.69) is 11.8 Å². The number of ketones is 1. The second-order valence-corrected chi connectivity index (χ2v) is 15.9. The highest BCUT2D eigenvalue weighted by molar-refractivity contribution is 6.04. The standard InChI is InChI=1S/C38H59N3O10/c1-23-17-38(6,47-10)33(51-35-31(28(39(7)8)16-24(2)49-35)50-34(45)26-14-12-11-13-15-26)25(3)32(44)37(4,5)36(46)48-22-29(40(9)18-23)27-19-41(20-27)21-30(42)43/h11-15,23-25,27-29,31,33,35H,16-22H2,1-10H3,(H,42,43)/t23-,24-,25+,28+,29+,31-,33-,35+,38-/m1/s1. The fourth-order valence-electron chi connectivity index (χ4n) is 8.11. The van der Waals surface area contributed by atoms with Crippen LogP contribution in [0, 0.1) is 23.2 Å². The summed E-state index contributed by atoms with van der Waals surface area (Å²) >= 11 is 0.